The molecule has 7 heteroatoms. The Morgan fingerprint density at radius 2 is 1.70 bits per heavy atom. The third-order valence-electron chi connectivity index (χ3n) is 15.8. The Labute approximate surface area is 259 Å². The van der Waals surface area contributed by atoms with Crippen molar-refractivity contribution in [1.29, 1.82) is 0 Å². The summed E-state index contributed by atoms with van der Waals surface area (Å²) in [7, 11) is 0. The van der Waals surface area contributed by atoms with Crippen LogP contribution < -0.4 is 5.32 Å². The van der Waals surface area contributed by atoms with Gasteiger partial charge in [-0.15, -0.1) is 0 Å². The summed E-state index contributed by atoms with van der Waals surface area (Å²) in [6, 6.07) is 0.250. The number of aliphatic hydroxyl groups is 2. The molecule has 242 valence electrons. The molecule has 0 radical (unpaired) electrons. The smallest absolute Gasteiger partial charge is 0.407 e. The van der Waals surface area contributed by atoms with Crippen molar-refractivity contribution in [3.8, 4) is 0 Å². The Bertz CT molecular complexity index is 1130. The van der Waals surface area contributed by atoms with Crippen molar-refractivity contribution in [2.75, 3.05) is 19.6 Å². The Kier molecular flexibility index (Phi) is 6.57. The summed E-state index contributed by atoms with van der Waals surface area (Å²) in [5.41, 5.74) is 0.0539. The monoisotopic (exact) mass is 598 g/mol. The van der Waals surface area contributed by atoms with E-state index in [4.69, 9.17) is 9.47 Å². The van der Waals surface area contributed by atoms with Gasteiger partial charge in [0.05, 0.1) is 17.8 Å². The maximum Gasteiger partial charge on any atom is 0.407 e. The number of rotatable bonds is 4. The number of piperidine rings is 3. The Balaban J connectivity index is 0.957. The van der Waals surface area contributed by atoms with Crippen LogP contribution in [0.25, 0.3) is 0 Å². The lowest BCUT2D eigenvalue weighted by atomic mass is 9.46. The highest BCUT2D eigenvalue weighted by Gasteiger charge is 2.81. The molecule has 12 atom stereocenters. The zero-order valence-electron chi connectivity index (χ0n) is 27.4. The van der Waals surface area contributed by atoms with Crippen LogP contribution in [0.2, 0.25) is 0 Å². The van der Waals surface area contributed by atoms with Gasteiger partial charge in [-0.1, -0.05) is 20.8 Å². The number of aliphatic hydroxyl groups excluding tert-OH is 1. The molecule has 2 spiro atoms. The second-order valence-corrected chi connectivity index (χ2v) is 18.2. The van der Waals surface area contributed by atoms with Gasteiger partial charge in [0.25, 0.3) is 0 Å². The van der Waals surface area contributed by atoms with Gasteiger partial charge < -0.3 is 29.9 Å². The molecule has 0 aromatic rings. The first-order chi connectivity index (χ1) is 20.3. The van der Waals surface area contributed by atoms with Gasteiger partial charge in [-0.25, -0.2) is 4.79 Å². The van der Waals surface area contributed by atoms with Crippen LogP contribution in [0.1, 0.15) is 112 Å². The topological polar surface area (TPSA) is 91.3 Å². The van der Waals surface area contributed by atoms with E-state index >= 15 is 0 Å². The third kappa shape index (κ3) is 4.15. The molecule has 9 aliphatic rings. The van der Waals surface area contributed by atoms with Crippen LogP contribution in [0.5, 0.6) is 0 Å². The first-order valence-corrected chi connectivity index (χ1v) is 18.0. The highest BCUT2D eigenvalue weighted by Crippen LogP contribution is 2.87. The quantitative estimate of drug-likeness (QED) is 0.395. The molecule has 3 N–H and O–H groups in total. The van der Waals surface area contributed by atoms with Crippen molar-refractivity contribution in [3.63, 3.8) is 0 Å². The summed E-state index contributed by atoms with van der Waals surface area (Å²) < 4.78 is 13.0. The lowest BCUT2D eigenvalue weighted by molar-refractivity contribution is -0.177. The van der Waals surface area contributed by atoms with Crippen LogP contribution in [-0.4, -0.2) is 76.9 Å². The highest BCUT2D eigenvalue weighted by atomic mass is 16.6. The maximum absolute atomic E-state index is 13.2. The summed E-state index contributed by atoms with van der Waals surface area (Å²) in [4.78, 5) is 15.7. The first-order valence-electron chi connectivity index (χ1n) is 18.0. The summed E-state index contributed by atoms with van der Waals surface area (Å²) in [5, 5.41) is 24.6. The molecule has 43 heavy (non-hydrogen) atoms. The van der Waals surface area contributed by atoms with E-state index in [-0.39, 0.29) is 35.9 Å². The Hall–Kier alpha value is -0.890. The summed E-state index contributed by atoms with van der Waals surface area (Å²) in [6.07, 6.45) is 13.2. The molecule has 9 fully saturated rings. The Morgan fingerprint density at radius 3 is 2.40 bits per heavy atom. The van der Waals surface area contributed by atoms with E-state index in [0.717, 1.165) is 38.1 Å². The van der Waals surface area contributed by atoms with Crippen molar-refractivity contribution in [2.24, 2.45) is 51.2 Å². The van der Waals surface area contributed by atoms with Gasteiger partial charge in [0.1, 0.15) is 12.2 Å². The predicted octanol–water partition coefficient (Wildman–Crippen LogP) is 5.51. The van der Waals surface area contributed by atoms with E-state index in [0.29, 0.717) is 39.9 Å². The molecular weight excluding hydrogens is 540 g/mol. The first kappa shape index (κ1) is 29.5. The fourth-order valence-corrected chi connectivity index (χ4v) is 13.6. The van der Waals surface area contributed by atoms with E-state index in [2.05, 4.69) is 31.0 Å². The standard InChI is InChI=1S/C36H58N2O5/c1-32(2)28-9-7-22-24-18-27-23(6-8-26(42-27)30(39)33(3,4)41)34(24,5)14-15-35(22)20-36(28,35)13-10-29(32)43-31(40)37-25-19-38-16-11-21(25)12-17-38/h21-30,39,41H,6-20H2,1-5H3,(H,37,40)/t22?,23?,24?,25?,26?,27?,28?,29-,30-,34?,35-,36?/m0/s1. The molecule has 0 aromatic heterocycles. The average Bonchev–Trinajstić information content (AvgIpc) is 3.54. The number of fused-ring (bicyclic) bond motifs is 7. The zero-order valence-corrected chi connectivity index (χ0v) is 27.4. The minimum Gasteiger partial charge on any atom is -0.446 e. The molecule has 1 amide bonds. The average molecular weight is 599 g/mol. The molecular formula is C36H58N2O5. The van der Waals surface area contributed by atoms with Crippen LogP contribution in [0.3, 0.4) is 0 Å². The van der Waals surface area contributed by atoms with Gasteiger partial charge in [0.2, 0.25) is 0 Å². The second-order valence-electron chi connectivity index (χ2n) is 18.2. The molecule has 0 aromatic carbocycles. The number of alkyl carbamates (subject to hydrolysis) is 1. The van der Waals surface area contributed by atoms with Crippen molar-refractivity contribution < 1.29 is 24.5 Å². The van der Waals surface area contributed by atoms with E-state index in [1.165, 1.54) is 64.5 Å². The van der Waals surface area contributed by atoms with Crippen LogP contribution in [0, 0.1) is 51.2 Å². The van der Waals surface area contributed by atoms with E-state index in [9.17, 15) is 15.0 Å². The number of amides is 1. The summed E-state index contributed by atoms with van der Waals surface area (Å²) in [6.45, 7) is 14.1. The maximum atomic E-state index is 13.2. The molecule has 2 bridgehead atoms. The molecule has 4 saturated heterocycles. The fraction of sp³-hybridized carbons (Fsp3) is 0.972. The summed E-state index contributed by atoms with van der Waals surface area (Å²) >= 11 is 0. The normalized spacial score (nSPS) is 53.4. The van der Waals surface area contributed by atoms with Crippen molar-refractivity contribution in [3.05, 3.63) is 0 Å². The Morgan fingerprint density at radius 1 is 0.953 bits per heavy atom. The zero-order chi connectivity index (χ0) is 30.2. The molecule has 5 saturated carbocycles. The molecule has 5 aliphatic carbocycles. The lowest BCUT2D eigenvalue weighted by Gasteiger charge is -2.59. The van der Waals surface area contributed by atoms with E-state index < -0.39 is 11.7 Å². The molecule has 7 nitrogen and oxygen atoms in total. The van der Waals surface area contributed by atoms with Gasteiger partial charge in [0.15, 0.2) is 0 Å². The predicted molar refractivity (Wildman–Crippen MR) is 164 cm³/mol. The van der Waals surface area contributed by atoms with Gasteiger partial charge in [-0.3, -0.25) is 0 Å². The molecule has 9 unspecified atom stereocenters. The SMILES string of the molecule is CC12CC[C@@]34CC35CC[C@H](OC(=O)NC3CN6CCC3CC6)C(C)(C)C5CCC4C1CC1OC([C@H](O)C(C)(C)O)CCC12. The second kappa shape index (κ2) is 9.58. The number of ether oxygens (including phenoxy) is 2. The van der Waals surface area contributed by atoms with Crippen molar-refractivity contribution >= 4 is 6.09 Å². The molecule has 4 aliphatic heterocycles. The number of nitrogens with zero attached hydrogens (tertiary/aromatic N) is 1. The van der Waals surface area contributed by atoms with Gasteiger partial charge >= 0.3 is 6.09 Å². The number of hydrogen-bond acceptors (Lipinski definition) is 6. The van der Waals surface area contributed by atoms with Crippen molar-refractivity contribution in [2.45, 2.75) is 148 Å². The summed E-state index contributed by atoms with van der Waals surface area (Å²) in [5.74, 6) is 3.26. The van der Waals surface area contributed by atoms with Gasteiger partial charge in [0, 0.05) is 18.0 Å². The van der Waals surface area contributed by atoms with Gasteiger partial charge in [-0.05, 0) is 150 Å². The van der Waals surface area contributed by atoms with Crippen LogP contribution in [0.4, 0.5) is 4.79 Å². The van der Waals surface area contributed by atoms with Gasteiger partial charge in [-0.2, -0.15) is 0 Å². The number of hydrogen-bond donors (Lipinski definition) is 3. The number of carbonyl (C=O) groups excluding carboxylic acids is 1. The minimum absolute atomic E-state index is 0.00541. The number of nitrogens with one attached hydrogen (secondary N) is 1. The third-order valence-corrected chi connectivity index (χ3v) is 15.8. The molecule has 4 heterocycles. The number of carbonyl (C=O) groups is 1. The largest absolute Gasteiger partial charge is 0.446 e. The molecule has 9 rings (SSSR count). The van der Waals surface area contributed by atoms with E-state index in [1.54, 1.807) is 13.8 Å². The van der Waals surface area contributed by atoms with Crippen LogP contribution in [-0.2, 0) is 9.47 Å². The highest BCUT2D eigenvalue weighted by molar-refractivity contribution is 5.68. The van der Waals surface area contributed by atoms with Crippen LogP contribution >= 0.6 is 0 Å². The van der Waals surface area contributed by atoms with E-state index in [1.807, 2.05) is 0 Å². The fourth-order valence-electron chi connectivity index (χ4n) is 13.6. The minimum atomic E-state index is -1.14. The lowest BCUT2D eigenvalue weighted by Crippen LogP contribution is -2.58. The van der Waals surface area contributed by atoms with Crippen LogP contribution in [0.15, 0.2) is 0 Å². The van der Waals surface area contributed by atoms with Crippen molar-refractivity contribution in [1.82, 2.24) is 10.2 Å².